The molecule has 1 heterocycles. The first-order valence-corrected chi connectivity index (χ1v) is 15.9. The molecule has 0 spiro atoms. The zero-order valence-electron chi connectivity index (χ0n) is 27.5. The molecule has 258 valence electrons. The third kappa shape index (κ3) is 10.5. The average Bonchev–Trinajstić information content (AvgIpc) is 3.65. The quantitative estimate of drug-likeness (QED) is 0.130. The number of rotatable bonds is 13. The predicted octanol–water partition coefficient (Wildman–Crippen LogP) is 5.97. The predicted molar refractivity (Wildman–Crippen MR) is 187 cm³/mol. The van der Waals surface area contributed by atoms with Crippen molar-refractivity contribution >= 4 is 47.5 Å². The molecule has 12 nitrogen and oxygen atoms in total. The largest absolute Gasteiger partial charge is 0.444 e. The summed E-state index contributed by atoms with van der Waals surface area (Å²) in [5.41, 5.74) is 4.61. The number of benzene rings is 4. The van der Waals surface area contributed by atoms with Crippen LogP contribution in [-0.2, 0) is 41.8 Å². The first-order valence-electron chi connectivity index (χ1n) is 15.9. The third-order valence-electron chi connectivity index (χ3n) is 7.55. The maximum atomic E-state index is 13.0. The number of hydrogen-bond donors (Lipinski definition) is 2. The van der Waals surface area contributed by atoms with Gasteiger partial charge in [-0.05, 0) is 46.5 Å². The molecular weight excluding hydrogens is 640 g/mol. The molecule has 1 fully saturated rings. The van der Waals surface area contributed by atoms with Gasteiger partial charge in [0.1, 0.15) is 39.3 Å². The number of ether oxygens (including phenoxy) is 4. The summed E-state index contributed by atoms with van der Waals surface area (Å²) >= 11 is 0. The molecule has 0 aromatic heterocycles. The molecule has 50 heavy (non-hydrogen) atoms. The van der Waals surface area contributed by atoms with E-state index in [9.17, 15) is 19.2 Å². The number of carbonyl (C=O) groups excluding carboxylic acids is 4. The number of nitrogens with one attached hydrogen (secondary N) is 2. The van der Waals surface area contributed by atoms with Gasteiger partial charge in [0.2, 0.25) is 11.8 Å². The van der Waals surface area contributed by atoms with Gasteiger partial charge in [-0.3, -0.25) is 19.4 Å². The van der Waals surface area contributed by atoms with Gasteiger partial charge in [-0.1, -0.05) is 97.1 Å². The van der Waals surface area contributed by atoms with E-state index < -0.39 is 24.1 Å². The molecule has 12 heteroatoms. The van der Waals surface area contributed by atoms with Gasteiger partial charge >= 0.3 is 12.2 Å². The standard InChI is InChI=1S/C38H38N4O8/c1-47-26-41(37(45)49-23-30-8-4-2-5-9-30)22-35(43)39-32-18-14-28(15-19-32)12-13-29-16-20-33(21-17-29)40-36(44)34-25-48-27-42(34)38(46)50-24-31-10-6-3-7-11-31/h2-21,34H,22-27H2,1H3,(H,39,43)(H,40,44)/b13-12+/t34-/m0/s1. The molecule has 1 atom stereocenters. The van der Waals surface area contributed by atoms with Crippen LogP contribution >= 0.6 is 0 Å². The minimum absolute atomic E-state index is 0.0260. The van der Waals surface area contributed by atoms with E-state index in [1.165, 1.54) is 16.9 Å². The Hall–Kier alpha value is -5.98. The fourth-order valence-electron chi connectivity index (χ4n) is 4.92. The summed E-state index contributed by atoms with van der Waals surface area (Å²) < 4.78 is 21.2. The Balaban J connectivity index is 1.07. The molecule has 4 aromatic carbocycles. The Morgan fingerprint density at radius 3 is 1.86 bits per heavy atom. The zero-order chi connectivity index (χ0) is 35.1. The molecule has 1 aliphatic rings. The lowest BCUT2D eigenvalue weighted by atomic mass is 10.1. The van der Waals surface area contributed by atoms with E-state index in [0.717, 1.165) is 22.3 Å². The topological polar surface area (TPSA) is 136 Å². The van der Waals surface area contributed by atoms with Crippen molar-refractivity contribution in [3.63, 3.8) is 0 Å². The van der Waals surface area contributed by atoms with Gasteiger partial charge < -0.3 is 29.6 Å². The van der Waals surface area contributed by atoms with Gasteiger partial charge in [0, 0.05) is 18.5 Å². The molecule has 4 amide bonds. The fourth-order valence-corrected chi connectivity index (χ4v) is 4.92. The van der Waals surface area contributed by atoms with Crippen LogP contribution in [0.5, 0.6) is 0 Å². The summed E-state index contributed by atoms with van der Waals surface area (Å²) in [6.07, 6.45) is 2.55. The van der Waals surface area contributed by atoms with Crippen molar-refractivity contribution in [1.29, 1.82) is 0 Å². The molecule has 0 unspecified atom stereocenters. The second-order valence-corrected chi connectivity index (χ2v) is 11.3. The van der Waals surface area contributed by atoms with Gasteiger partial charge in [0.15, 0.2) is 0 Å². The van der Waals surface area contributed by atoms with Gasteiger partial charge in [-0.25, -0.2) is 9.59 Å². The van der Waals surface area contributed by atoms with Gasteiger partial charge in [-0.15, -0.1) is 0 Å². The highest BCUT2D eigenvalue weighted by Gasteiger charge is 2.36. The zero-order valence-corrected chi connectivity index (χ0v) is 27.5. The van der Waals surface area contributed by atoms with Crippen molar-refractivity contribution in [1.82, 2.24) is 9.80 Å². The van der Waals surface area contributed by atoms with Gasteiger partial charge in [0.25, 0.3) is 0 Å². The SMILES string of the molecule is COCN(CC(=O)Nc1ccc(/C=C/c2ccc(NC(=O)[C@@H]3COCN3C(=O)OCc3ccccc3)cc2)cc1)C(=O)OCc1ccccc1. The Bertz CT molecular complexity index is 1750. The number of hydrogen-bond acceptors (Lipinski definition) is 8. The number of nitrogens with zero attached hydrogens (tertiary/aromatic N) is 2. The van der Waals surface area contributed by atoms with Crippen molar-refractivity contribution < 1.29 is 38.1 Å². The molecular formula is C38H38N4O8. The molecule has 0 bridgehead atoms. The van der Waals surface area contributed by atoms with Crippen molar-refractivity contribution in [3.8, 4) is 0 Å². The van der Waals surface area contributed by atoms with Crippen molar-refractivity contribution in [3.05, 3.63) is 131 Å². The first kappa shape index (κ1) is 35.3. The average molecular weight is 679 g/mol. The van der Waals surface area contributed by atoms with E-state index in [2.05, 4.69) is 10.6 Å². The van der Waals surface area contributed by atoms with Crippen LogP contribution in [0.1, 0.15) is 22.3 Å². The van der Waals surface area contributed by atoms with E-state index in [-0.39, 0.29) is 45.7 Å². The highest BCUT2D eigenvalue weighted by molar-refractivity contribution is 5.97. The summed E-state index contributed by atoms with van der Waals surface area (Å²) in [7, 11) is 1.43. The van der Waals surface area contributed by atoms with Crippen LogP contribution < -0.4 is 10.6 Å². The highest BCUT2D eigenvalue weighted by Crippen LogP contribution is 2.18. The maximum absolute atomic E-state index is 13.0. The normalized spacial score (nSPS) is 13.9. The van der Waals surface area contributed by atoms with Crippen LogP contribution in [0.3, 0.4) is 0 Å². The van der Waals surface area contributed by atoms with Crippen LogP contribution in [0.2, 0.25) is 0 Å². The molecule has 4 aromatic rings. The van der Waals surface area contributed by atoms with Crippen molar-refractivity contribution in [2.45, 2.75) is 19.3 Å². The maximum Gasteiger partial charge on any atom is 0.412 e. The number of anilines is 2. The van der Waals surface area contributed by atoms with E-state index in [1.54, 1.807) is 24.3 Å². The van der Waals surface area contributed by atoms with Crippen LogP contribution in [0.25, 0.3) is 12.2 Å². The lowest BCUT2D eigenvalue weighted by Gasteiger charge is -2.21. The monoisotopic (exact) mass is 678 g/mol. The van der Waals surface area contributed by atoms with E-state index in [1.807, 2.05) is 97.1 Å². The van der Waals surface area contributed by atoms with Crippen LogP contribution in [0.15, 0.2) is 109 Å². The first-order chi connectivity index (χ1) is 24.4. The van der Waals surface area contributed by atoms with E-state index >= 15 is 0 Å². The summed E-state index contributed by atoms with van der Waals surface area (Å²) in [6.45, 7) is -0.106. The molecule has 0 saturated carbocycles. The Morgan fingerprint density at radius 2 is 1.30 bits per heavy atom. The highest BCUT2D eigenvalue weighted by atomic mass is 16.6. The smallest absolute Gasteiger partial charge is 0.412 e. The minimum Gasteiger partial charge on any atom is -0.444 e. The van der Waals surface area contributed by atoms with Gasteiger partial charge in [-0.2, -0.15) is 0 Å². The Labute approximate surface area is 290 Å². The lowest BCUT2D eigenvalue weighted by Crippen LogP contribution is -2.44. The molecule has 0 radical (unpaired) electrons. The van der Waals surface area contributed by atoms with Crippen molar-refractivity contribution in [2.24, 2.45) is 0 Å². The minimum atomic E-state index is -0.809. The molecule has 2 N–H and O–H groups in total. The van der Waals surface area contributed by atoms with Crippen LogP contribution in [0, 0.1) is 0 Å². The lowest BCUT2D eigenvalue weighted by molar-refractivity contribution is -0.120. The number of methoxy groups -OCH3 is 1. The van der Waals surface area contributed by atoms with E-state index in [4.69, 9.17) is 18.9 Å². The molecule has 5 rings (SSSR count). The van der Waals surface area contributed by atoms with E-state index in [0.29, 0.717) is 11.4 Å². The Kier molecular flexibility index (Phi) is 12.7. The second-order valence-electron chi connectivity index (χ2n) is 11.3. The van der Waals surface area contributed by atoms with Gasteiger partial charge in [0.05, 0.1) is 6.61 Å². The third-order valence-corrected chi connectivity index (χ3v) is 7.55. The number of amides is 4. The second kappa shape index (κ2) is 18.0. The molecule has 0 aliphatic carbocycles. The fraction of sp³-hybridized carbons (Fsp3) is 0.211. The van der Waals surface area contributed by atoms with Crippen LogP contribution in [0.4, 0.5) is 21.0 Å². The summed E-state index contributed by atoms with van der Waals surface area (Å²) in [5.74, 6) is -0.769. The molecule has 1 saturated heterocycles. The van der Waals surface area contributed by atoms with Crippen molar-refractivity contribution in [2.75, 3.05) is 44.4 Å². The summed E-state index contributed by atoms with van der Waals surface area (Å²) in [5, 5.41) is 5.63. The Morgan fingerprint density at radius 1 is 0.760 bits per heavy atom. The summed E-state index contributed by atoms with van der Waals surface area (Å²) in [4.78, 5) is 53.3. The number of carbonyl (C=O) groups is 4. The molecule has 1 aliphatic heterocycles. The summed E-state index contributed by atoms with van der Waals surface area (Å²) in [6, 6.07) is 32.2. The van der Waals surface area contributed by atoms with Crippen LogP contribution in [-0.4, -0.2) is 73.6 Å².